The average molecular weight is 351 g/mol. The van der Waals surface area contributed by atoms with Gasteiger partial charge in [-0.3, -0.25) is 10.1 Å². The van der Waals surface area contributed by atoms with Crippen molar-refractivity contribution in [3.05, 3.63) is 62.1 Å². The summed E-state index contributed by atoms with van der Waals surface area (Å²) in [6, 6.07) is 10.1. The number of halogens is 1. The van der Waals surface area contributed by atoms with E-state index in [2.05, 4.69) is 15.9 Å². The summed E-state index contributed by atoms with van der Waals surface area (Å²) in [5, 5.41) is 11.0. The van der Waals surface area contributed by atoms with Crippen LogP contribution in [0.4, 0.5) is 5.69 Å². The van der Waals surface area contributed by atoms with E-state index in [1.807, 2.05) is 26.0 Å². The molecule has 0 saturated carbocycles. The Labute approximate surface area is 131 Å². The summed E-state index contributed by atoms with van der Waals surface area (Å²) in [6.45, 7) is 3.73. The van der Waals surface area contributed by atoms with Crippen molar-refractivity contribution in [2.45, 2.75) is 19.9 Å². The Morgan fingerprint density at radius 1 is 1.24 bits per heavy atom. The van der Waals surface area contributed by atoms with Crippen molar-refractivity contribution in [2.24, 2.45) is 5.73 Å². The summed E-state index contributed by atoms with van der Waals surface area (Å²) in [6.07, 6.45) is 0. The van der Waals surface area contributed by atoms with Gasteiger partial charge in [-0.1, -0.05) is 12.1 Å². The summed E-state index contributed by atoms with van der Waals surface area (Å²) in [4.78, 5) is 10.6. The molecule has 2 N–H and O–H groups in total. The molecule has 0 radical (unpaired) electrons. The van der Waals surface area contributed by atoms with Gasteiger partial charge < -0.3 is 10.5 Å². The number of ether oxygens (including phenoxy) is 1. The molecule has 0 aliphatic heterocycles. The SMILES string of the molecule is Cc1ccc([N+](=O)[O-])c(Oc2ccc([C@@H](C)N)cc2Br)c1. The van der Waals surface area contributed by atoms with Gasteiger partial charge in [-0.25, -0.2) is 0 Å². The predicted octanol–water partition coefficient (Wildman–Crippen LogP) is 4.48. The molecule has 21 heavy (non-hydrogen) atoms. The maximum absolute atomic E-state index is 11.0. The smallest absolute Gasteiger partial charge is 0.311 e. The summed E-state index contributed by atoms with van der Waals surface area (Å²) in [5.41, 5.74) is 7.59. The fourth-order valence-electron chi connectivity index (χ4n) is 1.86. The van der Waals surface area contributed by atoms with Crippen LogP contribution >= 0.6 is 15.9 Å². The largest absolute Gasteiger partial charge is 0.449 e. The van der Waals surface area contributed by atoms with Crippen LogP contribution in [0.3, 0.4) is 0 Å². The molecule has 0 bridgehead atoms. The number of aryl methyl sites for hydroxylation is 1. The fraction of sp³-hybridized carbons (Fsp3) is 0.200. The zero-order chi connectivity index (χ0) is 15.6. The Morgan fingerprint density at radius 2 is 1.95 bits per heavy atom. The van der Waals surface area contributed by atoms with E-state index >= 15 is 0 Å². The van der Waals surface area contributed by atoms with Gasteiger partial charge in [0, 0.05) is 12.1 Å². The van der Waals surface area contributed by atoms with Crippen molar-refractivity contribution in [1.82, 2.24) is 0 Å². The lowest BCUT2D eigenvalue weighted by Gasteiger charge is -2.11. The summed E-state index contributed by atoms with van der Waals surface area (Å²) in [7, 11) is 0. The molecule has 0 amide bonds. The average Bonchev–Trinajstić information content (AvgIpc) is 2.40. The summed E-state index contributed by atoms with van der Waals surface area (Å²) in [5.74, 6) is 0.724. The van der Waals surface area contributed by atoms with Crippen LogP contribution in [-0.2, 0) is 0 Å². The Hall–Kier alpha value is -1.92. The first-order chi connectivity index (χ1) is 9.88. The molecule has 2 aromatic rings. The van der Waals surface area contributed by atoms with Gasteiger partial charge in [-0.2, -0.15) is 0 Å². The van der Waals surface area contributed by atoms with Crippen molar-refractivity contribution >= 4 is 21.6 Å². The zero-order valence-corrected chi connectivity index (χ0v) is 13.3. The second-order valence-electron chi connectivity index (χ2n) is 4.81. The highest BCUT2D eigenvalue weighted by molar-refractivity contribution is 9.10. The van der Waals surface area contributed by atoms with Gasteiger partial charge in [-0.05, 0) is 59.1 Å². The van der Waals surface area contributed by atoms with Gasteiger partial charge in [0.1, 0.15) is 5.75 Å². The lowest BCUT2D eigenvalue weighted by atomic mass is 10.1. The summed E-state index contributed by atoms with van der Waals surface area (Å²) >= 11 is 3.40. The van der Waals surface area contributed by atoms with E-state index in [-0.39, 0.29) is 17.5 Å². The van der Waals surface area contributed by atoms with Crippen LogP contribution in [0.5, 0.6) is 11.5 Å². The minimum Gasteiger partial charge on any atom is -0.449 e. The Kier molecular flexibility index (Phi) is 4.59. The van der Waals surface area contributed by atoms with Crippen molar-refractivity contribution in [3.63, 3.8) is 0 Å². The van der Waals surface area contributed by atoms with Crippen molar-refractivity contribution < 1.29 is 9.66 Å². The van der Waals surface area contributed by atoms with E-state index in [1.165, 1.54) is 6.07 Å². The lowest BCUT2D eigenvalue weighted by Crippen LogP contribution is -2.04. The fourth-order valence-corrected chi connectivity index (χ4v) is 2.33. The third kappa shape index (κ3) is 3.59. The lowest BCUT2D eigenvalue weighted by molar-refractivity contribution is -0.385. The molecule has 5 nitrogen and oxygen atoms in total. The van der Waals surface area contributed by atoms with Crippen LogP contribution in [0.25, 0.3) is 0 Å². The van der Waals surface area contributed by atoms with Gasteiger partial charge in [-0.15, -0.1) is 0 Å². The van der Waals surface area contributed by atoms with Crippen LogP contribution in [0.1, 0.15) is 24.1 Å². The number of rotatable bonds is 4. The van der Waals surface area contributed by atoms with Gasteiger partial charge in [0.2, 0.25) is 5.75 Å². The molecule has 110 valence electrons. The van der Waals surface area contributed by atoms with E-state index < -0.39 is 4.92 Å². The molecule has 0 fully saturated rings. The highest BCUT2D eigenvalue weighted by Crippen LogP contribution is 2.36. The molecular formula is C15H15BrN2O3. The number of nitro benzene ring substituents is 1. The number of benzene rings is 2. The molecule has 2 rings (SSSR count). The van der Waals surface area contributed by atoms with Crippen molar-refractivity contribution in [2.75, 3.05) is 0 Å². The maximum atomic E-state index is 11.0. The van der Waals surface area contributed by atoms with E-state index in [0.717, 1.165) is 11.1 Å². The monoisotopic (exact) mass is 350 g/mol. The first kappa shape index (κ1) is 15.5. The second-order valence-corrected chi connectivity index (χ2v) is 5.66. The van der Waals surface area contributed by atoms with Crippen LogP contribution in [0.2, 0.25) is 0 Å². The van der Waals surface area contributed by atoms with Gasteiger partial charge in [0.15, 0.2) is 0 Å². The minimum absolute atomic E-state index is 0.0660. The molecule has 0 aliphatic rings. The molecule has 6 heteroatoms. The van der Waals surface area contributed by atoms with E-state index in [9.17, 15) is 10.1 Å². The predicted molar refractivity (Wildman–Crippen MR) is 84.7 cm³/mol. The van der Waals surface area contributed by atoms with Crippen LogP contribution < -0.4 is 10.5 Å². The molecule has 0 aromatic heterocycles. The molecule has 0 spiro atoms. The van der Waals surface area contributed by atoms with E-state index in [0.29, 0.717) is 10.2 Å². The molecule has 0 aliphatic carbocycles. The van der Waals surface area contributed by atoms with E-state index in [4.69, 9.17) is 10.5 Å². The van der Waals surface area contributed by atoms with Crippen LogP contribution in [0, 0.1) is 17.0 Å². The van der Waals surface area contributed by atoms with Crippen molar-refractivity contribution in [3.8, 4) is 11.5 Å². The van der Waals surface area contributed by atoms with Crippen molar-refractivity contribution in [1.29, 1.82) is 0 Å². The molecule has 0 saturated heterocycles. The van der Waals surface area contributed by atoms with Gasteiger partial charge >= 0.3 is 5.69 Å². The number of nitrogens with zero attached hydrogens (tertiary/aromatic N) is 1. The number of nitro groups is 1. The molecule has 0 unspecified atom stereocenters. The maximum Gasteiger partial charge on any atom is 0.311 e. The highest BCUT2D eigenvalue weighted by atomic mass is 79.9. The standard InChI is InChI=1S/C15H15BrN2O3/c1-9-3-5-13(18(19)20)15(7-9)21-14-6-4-11(10(2)17)8-12(14)16/h3-8,10H,17H2,1-2H3/t10-/m1/s1. The number of nitrogens with two attached hydrogens (primary N) is 1. The second kappa shape index (κ2) is 6.24. The quantitative estimate of drug-likeness (QED) is 0.651. The first-order valence-corrected chi connectivity index (χ1v) is 7.15. The number of hydrogen-bond donors (Lipinski definition) is 1. The van der Waals surface area contributed by atoms with E-state index in [1.54, 1.807) is 18.2 Å². The zero-order valence-electron chi connectivity index (χ0n) is 11.7. The summed E-state index contributed by atoms with van der Waals surface area (Å²) < 4.78 is 6.39. The van der Waals surface area contributed by atoms with Gasteiger partial charge in [0.25, 0.3) is 0 Å². The Balaban J connectivity index is 2.38. The third-order valence-electron chi connectivity index (χ3n) is 3.01. The number of hydrogen-bond acceptors (Lipinski definition) is 4. The van der Waals surface area contributed by atoms with Crippen LogP contribution in [0.15, 0.2) is 40.9 Å². The molecular weight excluding hydrogens is 336 g/mol. The van der Waals surface area contributed by atoms with Crippen LogP contribution in [-0.4, -0.2) is 4.92 Å². The highest BCUT2D eigenvalue weighted by Gasteiger charge is 2.17. The third-order valence-corrected chi connectivity index (χ3v) is 3.63. The first-order valence-electron chi connectivity index (χ1n) is 6.36. The Bertz CT molecular complexity index is 687. The normalized spacial score (nSPS) is 12.0. The molecule has 0 heterocycles. The van der Waals surface area contributed by atoms with Gasteiger partial charge in [0.05, 0.1) is 9.40 Å². The topological polar surface area (TPSA) is 78.4 Å². The molecule has 2 aromatic carbocycles. The Morgan fingerprint density at radius 3 is 2.52 bits per heavy atom. The molecule has 1 atom stereocenters. The minimum atomic E-state index is -0.459.